The van der Waals surface area contributed by atoms with Crippen LogP contribution in [0.3, 0.4) is 0 Å². The van der Waals surface area contributed by atoms with Crippen molar-refractivity contribution in [3.63, 3.8) is 0 Å². The molecule has 0 atom stereocenters. The third kappa shape index (κ3) is 4.26. The zero-order valence-corrected chi connectivity index (χ0v) is 16.0. The summed E-state index contributed by atoms with van der Waals surface area (Å²) in [6.07, 6.45) is 2.41. The molecule has 3 rings (SSSR count). The van der Waals surface area contributed by atoms with Crippen molar-refractivity contribution >= 4 is 11.6 Å². The molecule has 1 amide bonds. The van der Waals surface area contributed by atoms with E-state index in [2.05, 4.69) is 30.3 Å². The third-order valence-electron chi connectivity index (χ3n) is 4.35. The van der Waals surface area contributed by atoms with E-state index in [0.717, 1.165) is 12.0 Å². The molecule has 142 valence electrons. The second-order valence-corrected chi connectivity index (χ2v) is 7.08. The van der Waals surface area contributed by atoms with Gasteiger partial charge in [0.25, 0.3) is 5.91 Å². The first kappa shape index (κ1) is 19.3. The van der Waals surface area contributed by atoms with E-state index in [1.807, 2.05) is 6.07 Å². The molecule has 1 N–H and O–H groups in total. The van der Waals surface area contributed by atoms with Crippen LogP contribution in [-0.2, 0) is 6.42 Å². The van der Waals surface area contributed by atoms with Gasteiger partial charge in [-0.2, -0.15) is 10.4 Å². The minimum Gasteiger partial charge on any atom is -0.322 e. The molecular formula is C22H21FN4O. The predicted octanol–water partition coefficient (Wildman–Crippen LogP) is 4.64. The zero-order chi connectivity index (χ0) is 20.3. The Morgan fingerprint density at radius 2 is 1.96 bits per heavy atom. The van der Waals surface area contributed by atoms with Crippen LogP contribution in [0.5, 0.6) is 0 Å². The van der Waals surface area contributed by atoms with E-state index in [4.69, 9.17) is 0 Å². The van der Waals surface area contributed by atoms with Gasteiger partial charge < -0.3 is 5.32 Å². The molecule has 0 saturated carbocycles. The van der Waals surface area contributed by atoms with Crippen LogP contribution >= 0.6 is 0 Å². The second kappa shape index (κ2) is 8.05. The van der Waals surface area contributed by atoms with Crippen LogP contribution in [0.25, 0.3) is 5.69 Å². The molecule has 1 heterocycles. The van der Waals surface area contributed by atoms with Crippen LogP contribution < -0.4 is 5.32 Å². The summed E-state index contributed by atoms with van der Waals surface area (Å²) in [4.78, 5) is 12.7. The molecule has 6 heteroatoms. The van der Waals surface area contributed by atoms with Gasteiger partial charge in [-0.1, -0.05) is 19.9 Å². The Hall–Kier alpha value is -3.46. The maximum atomic E-state index is 13.1. The molecule has 3 aromatic rings. The van der Waals surface area contributed by atoms with Gasteiger partial charge in [-0.3, -0.25) is 4.79 Å². The van der Waals surface area contributed by atoms with Crippen LogP contribution in [0.15, 0.2) is 48.7 Å². The second-order valence-electron chi connectivity index (χ2n) is 7.08. The Bertz CT molecular complexity index is 1050. The number of carbonyl (C=O) groups is 1. The summed E-state index contributed by atoms with van der Waals surface area (Å²) < 4.78 is 14.6. The van der Waals surface area contributed by atoms with Crippen molar-refractivity contribution in [1.29, 1.82) is 5.26 Å². The highest BCUT2D eigenvalue weighted by Gasteiger charge is 2.15. The molecule has 0 spiro atoms. The van der Waals surface area contributed by atoms with Crippen molar-refractivity contribution < 1.29 is 9.18 Å². The lowest BCUT2D eigenvalue weighted by molar-refractivity contribution is 0.102. The van der Waals surface area contributed by atoms with Crippen molar-refractivity contribution in [3.05, 3.63) is 76.9 Å². The summed E-state index contributed by atoms with van der Waals surface area (Å²) >= 11 is 0. The number of carbonyl (C=O) groups excluding carboxylic acids is 1. The van der Waals surface area contributed by atoms with Gasteiger partial charge in [0.1, 0.15) is 5.82 Å². The maximum absolute atomic E-state index is 13.1. The Balaban J connectivity index is 1.82. The fourth-order valence-electron chi connectivity index (χ4n) is 2.98. The Labute approximate surface area is 163 Å². The molecule has 0 bridgehead atoms. The molecule has 1 aromatic heterocycles. The Morgan fingerprint density at radius 1 is 1.25 bits per heavy atom. The van der Waals surface area contributed by atoms with Crippen LogP contribution in [0, 0.1) is 30.0 Å². The van der Waals surface area contributed by atoms with E-state index in [1.165, 1.54) is 16.8 Å². The highest BCUT2D eigenvalue weighted by atomic mass is 19.1. The molecule has 5 nitrogen and oxygen atoms in total. The normalized spacial score (nSPS) is 10.7. The predicted molar refractivity (Wildman–Crippen MR) is 106 cm³/mol. The first-order valence-electron chi connectivity index (χ1n) is 9.04. The number of nitrogens with zero attached hydrogens (tertiary/aromatic N) is 3. The molecule has 28 heavy (non-hydrogen) atoms. The summed E-state index contributed by atoms with van der Waals surface area (Å²) in [6, 6.07) is 13.4. The Morgan fingerprint density at radius 3 is 2.61 bits per heavy atom. The molecule has 0 fully saturated rings. The van der Waals surface area contributed by atoms with Gasteiger partial charge in [0.15, 0.2) is 0 Å². The molecule has 0 aliphatic heterocycles. The summed E-state index contributed by atoms with van der Waals surface area (Å²) in [7, 11) is 0. The van der Waals surface area contributed by atoms with Crippen molar-refractivity contribution in [2.75, 3.05) is 5.32 Å². The number of aromatic nitrogens is 2. The van der Waals surface area contributed by atoms with Gasteiger partial charge in [0.2, 0.25) is 0 Å². The van der Waals surface area contributed by atoms with Gasteiger partial charge in [0.05, 0.1) is 28.6 Å². The molecule has 0 aliphatic carbocycles. The van der Waals surface area contributed by atoms with E-state index in [0.29, 0.717) is 34.1 Å². The van der Waals surface area contributed by atoms with Gasteiger partial charge in [-0.25, -0.2) is 9.07 Å². The van der Waals surface area contributed by atoms with E-state index in [-0.39, 0.29) is 11.7 Å². The number of nitriles is 1. The van der Waals surface area contributed by atoms with Crippen molar-refractivity contribution in [1.82, 2.24) is 9.78 Å². The van der Waals surface area contributed by atoms with Crippen LogP contribution in [0.4, 0.5) is 10.1 Å². The van der Waals surface area contributed by atoms with E-state index in [1.54, 1.807) is 37.4 Å². The van der Waals surface area contributed by atoms with Crippen LogP contribution in [-0.4, -0.2) is 15.7 Å². The van der Waals surface area contributed by atoms with Gasteiger partial charge >= 0.3 is 0 Å². The maximum Gasteiger partial charge on any atom is 0.259 e. The number of hydrogen-bond donors (Lipinski definition) is 1. The smallest absolute Gasteiger partial charge is 0.259 e. The summed E-state index contributed by atoms with van der Waals surface area (Å²) in [6.45, 7) is 5.93. The average molecular weight is 376 g/mol. The fourth-order valence-corrected chi connectivity index (χ4v) is 2.98. The first-order chi connectivity index (χ1) is 13.4. The number of anilines is 1. The third-order valence-corrected chi connectivity index (χ3v) is 4.35. The zero-order valence-electron chi connectivity index (χ0n) is 16.0. The quantitative estimate of drug-likeness (QED) is 0.705. The largest absolute Gasteiger partial charge is 0.322 e. The molecule has 0 radical (unpaired) electrons. The van der Waals surface area contributed by atoms with Gasteiger partial charge in [0, 0.05) is 11.9 Å². The molecule has 0 saturated heterocycles. The number of rotatable bonds is 5. The lowest BCUT2D eigenvalue weighted by Crippen LogP contribution is -2.12. The van der Waals surface area contributed by atoms with Crippen LogP contribution in [0.2, 0.25) is 0 Å². The molecule has 2 aromatic carbocycles. The minimum absolute atomic E-state index is 0.314. The summed E-state index contributed by atoms with van der Waals surface area (Å²) in [5.74, 6) is -0.210. The Kier molecular flexibility index (Phi) is 5.55. The van der Waals surface area contributed by atoms with Crippen LogP contribution in [0.1, 0.15) is 41.0 Å². The fraction of sp³-hybridized carbons (Fsp3) is 0.227. The van der Waals surface area contributed by atoms with Crippen molar-refractivity contribution in [2.45, 2.75) is 27.2 Å². The number of benzene rings is 2. The molecule has 0 aliphatic rings. The van der Waals surface area contributed by atoms with E-state index >= 15 is 0 Å². The highest BCUT2D eigenvalue weighted by molar-refractivity contribution is 6.05. The average Bonchev–Trinajstić information content (AvgIpc) is 3.05. The van der Waals surface area contributed by atoms with Crippen molar-refractivity contribution in [3.8, 4) is 11.8 Å². The van der Waals surface area contributed by atoms with E-state index in [9.17, 15) is 14.4 Å². The number of aryl methyl sites for hydroxylation is 1. The topological polar surface area (TPSA) is 70.7 Å². The lowest BCUT2D eigenvalue weighted by atomic mass is 9.98. The number of nitrogens with one attached hydrogen (secondary N) is 1. The number of hydrogen-bond acceptors (Lipinski definition) is 3. The monoisotopic (exact) mass is 376 g/mol. The lowest BCUT2D eigenvalue weighted by Gasteiger charge is -2.10. The molecule has 0 unspecified atom stereocenters. The van der Waals surface area contributed by atoms with Gasteiger partial charge in [-0.05, 0) is 61.2 Å². The molecular weight excluding hydrogens is 355 g/mol. The number of amides is 1. The standard InChI is InChI=1S/C22H21FN4O/c1-14(2)10-16-4-7-19(11-17(16)12-24)25-22(28)21-13-27(26-15(21)3)20-8-5-18(23)6-9-20/h4-9,11,13-14H,10H2,1-3H3,(H,25,28). The SMILES string of the molecule is Cc1nn(-c2ccc(F)cc2)cc1C(=O)Nc1ccc(CC(C)C)c(C#N)c1. The van der Waals surface area contributed by atoms with Gasteiger partial charge in [-0.15, -0.1) is 0 Å². The number of halogens is 1. The van der Waals surface area contributed by atoms with Crippen molar-refractivity contribution in [2.24, 2.45) is 5.92 Å². The highest BCUT2D eigenvalue weighted by Crippen LogP contribution is 2.20. The first-order valence-corrected chi connectivity index (χ1v) is 9.04. The minimum atomic E-state index is -0.334. The summed E-state index contributed by atoms with van der Waals surface area (Å²) in [5, 5.41) is 16.6. The van der Waals surface area contributed by atoms with E-state index < -0.39 is 0 Å². The summed E-state index contributed by atoms with van der Waals surface area (Å²) in [5.41, 5.74) is 3.71.